The van der Waals surface area contributed by atoms with Gasteiger partial charge in [0.2, 0.25) is 0 Å². The zero-order valence-electron chi connectivity index (χ0n) is 9.89. The summed E-state index contributed by atoms with van der Waals surface area (Å²) < 4.78 is 37.3. The van der Waals surface area contributed by atoms with Crippen LogP contribution in [0.4, 0.5) is 18.9 Å². The molecule has 1 aromatic carbocycles. The molecule has 1 aromatic heterocycles. The van der Waals surface area contributed by atoms with Crippen LogP contribution < -0.4 is 5.32 Å². The minimum atomic E-state index is -4.40. The van der Waals surface area contributed by atoms with Gasteiger partial charge < -0.3 is 5.32 Å². The second-order valence-corrected chi connectivity index (χ2v) is 3.94. The van der Waals surface area contributed by atoms with Gasteiger partial charge in [-0.1, -0.05) is 6.07 Å². The molecule has 0 saturated heterocycles. The predicted octanol–water partition coefficient (Wildman–Crippen LogP) is 3.45. The highest BCUT2D eigenvalue weighted by Gasteiger charge is 2.33. The topological polar surface area (TPSA) is 40.7 Å². The SMILES string of the molecule is CNc1ccc(-c2cc(C(F)(F)F)[nH]n2)cc1C. The third-order valence-electron chi connectivity index (χ3n) is 2.67. The molecular weight excluding hydrogens is 243 g/mol. The molecule has 0 aliphatic carbocycles. The van der Waals surface area contributed by atoms with Gasteiger partial charge >= 0.3 is 6.18 Å². The number of rotatable bonds is 2. The molecule has 0 atom stereocenters. The van der Waals surface area contributed by atoms with Gasteiger partial charge in [-0.15, -0.1) is 0 Å². The zero-order valence-corrected chi connectivity index (χ0v) is 9.89. The first kappa shape index (κ1) is 12.5. The molecule has 6 heteroatoms. The second kappa shape index (κ2) is 4.36. The molecule has 2 N–H and O–H groups in total. The molecule has 0 amide bonds. The summed E-state index contributed by atoms with van der Waals surface area (Å²) >= 11 is 0. The Morgan fingerprint density at radius 1 is 1.22 bits per heavy atom. The average Bonchev–Trinajstić information content (AvgIpc) is 2.77. The summed E-state index contributed by atoms with van der Waals surface area (Å²) in [6, 6.07) is 6.34. The molecule has 2 aromatic rings. The van der Waals surface area contributed by atoms with Crippen molar-refractivity contribution in [2.24, 2.45) is 0 Å². The monoisotopic (exact) mass is 255 g/mol. The van der Waals surface area contributed by atoms with Crippen molar-refractivity contribution in [3.8, 4) is 11.3 Å². The Morgan fingerprint density at radius 3 is 2.44 bits per heavy atom. The van der Waals surface area contributed by atoms with Crippen LogP contribution in [0.5, 0.6) is 0 Å². The lowest BCUT2D eigenvalue weighted by Gasteiger charge is -2.06. The number of anilines is 1. The van der Waals surface area contributed by atoms with Crippen molar-refractivity contribution in [1.29, 1.82) is 0 Å². The van der Waals surface area contributed by atoms with Crippen molar-refractivity contribution in [2.75, 3.05) is 12.4 Å². The van der Waals surface area contributed by atoms with E-state index >= 15 is 0 Å². The number of aryl methyl sites for hydroxylation is 1. The number of aromatic amines is 1. The number of nitrogens with one attached hydrogen (secondary N) is 2. The van der Waals surface area contributed by atoms with Gasteiger partial charge in [0.25, 0.3) is 0 Å². The van der Waals surface area contributed by atoms with Gasteiger partial charge in [-0.25, -0.2) is 0 Å². The summed E-state index contributed by atoms with van der Waals surface area (Å²) in [5.74, 6) is 0. The van der Waals surface area contributed by atoms with E-state index in [9.17, 15) is 13.2 Å². The first-order chi connectivity index (χ1) is 8.41. The smallest absolute Gasteiger partial charge is 0.388 e. The van der Waals surface area contributed by atoms with E-state index in [-0.39, 0.29) is 5.69 Å². The Balaban J connectivity index is 2.38. The van der Waals surface area contributed by atoms with E-state index < -0.39 is 11.9 Å². The van der Waals surface area contributed by atoms with Gasteiger partial charge in [-0.3, -0.25) is 5.10 Å². The third-order valence-corrected chi connectivity index (χ3v) is 2.67. The second-order valence-electron chi connectivity index (χ2n) is 3.94. The number of nitrogens with zero attached hydrogens (tertiary/aromatic N) is 1. The summed E-state index contributed by atoms with van der Waals surface area (Å²) in [4.78, 5) is 0. The minimum Gasteiger partial charge on any atom is -0.388 e. The number of aromatic nitrogens is 2. The van der Waals surface area contributed by atoms with E-state index in [2.05, 4.69) is 10.4 Å². The van der Waals surface area contributed by atoms with Crippen LogP contribution in [-0.4, -0.2) is 17.2 Å². The van der Waals surface area contributed by atoms with Crippen molar-refractivity contribution < 1.29 is 13.2 Å². The molecule has 3 nitrogen and oxygen atoms in total. The Bertz CT molecular complexity index is 558. The van der Waals surface area contributed by atoms with E-state index in [0.717, 1.165) is 17.3 Å². The molecule has 96 valence electrons. The number of hydrogen-bond acceptors (Lipinski definition) is 2. The lowest BCUT2D eigenvalue weighted by atomic mass is 10.1. The fraction of sp³-hybridized carbons (Fsp3) is 0.250. The molecular formula is C12H12F3N3. The molecule has 0 aliphatic rings. The summed E-state index contributed by atoms with van der Waals surface area (Å²) in [6.07, 6.45) is -4.40. The molecule has 0 spiro atoms. The van der Waals surface area contributed by atoms with E-state index in [1.165, 1.54) is 0 Å². The average molecular weight is 255 g/mol. The Morgan fingerprint density at radius 2 is 1.94 bits per heavy atom. The molecule has 0 fully saturated rings. The van der Waals surface area contributed by atoms with Crippen LogP contribution in [0, 0.1) is 6.92 Å². The number of hydrogen-bond donors (Lipinski definition) is 2. The Kier molecular flexibility index (Phi) is 3.02. The van der Waals surface area contributed by atoms with Gasteiger partial charge in [-0.05, 0) is 30.7 Å². The van der Waals surface area contributed by atoms with E-state index in [1.54, 1.807) is 19.2 Å². The highest BCUT2D eigenvalue weighted by molar-refractivity contribution is 5.65. The fourth-order valence-electron chi connectivity index (χ4n) is 1.72. The predicted molar refractivity (Wildman–Crippen MR) is 63.3 cm³/mol. The van der Waals surface area contributed by atoms with Crippen LogP contribution in [0.1, 0.15) is 11.3 Å². The fourth-order valence-corrected chi connectivity index (χ4v) is 1.72. The summed E-state index contributed by atoms with van der Waals surface area (Å²) in [6.45, 7) is 1.88. The van der Waals surface area contributed by atoms with Crippen molar-refractivity contribution in [3.63, 3.8) is 0 Å². The van der Waals surface area contributed by atoms with E-state index in [4.69, 9.17) is 0 Å². The lowest BCUT2D eigenvalue weighted by Crippen LogP contribution is -2.04. The van der Waals surface area contributed by atoms with Crippen molar-refractivity contribution in [3.05, 3.63) is 35.5 Å². The van der Waals surface area contributed by atoms with Gasteiger partial charge in [-0.2, -0.15) is 18.3 Å². The Labute approximate surface area is 102 Å². The number of alkyl halides is 3. The molecule has 0 radical (unpaired) electrons. The Hall–Kier alpha value is -1.98. The maximum atomic E-state index is 12.4. The van der Waals surface area contributed by atoms with Gasteiger partial charge in [0.05, 0.1) is 5.69 Å². The van der Waals surface area contributed by atoms with E-state index in [1.807, 2.05) is 18.1 Å². The standard InChI is InChI=1S/C12H12F3N3/c1-7-5-8(3-4-9(7)16-2)10-6-11(18-17-10)12(13,14)15/h3-6,16H,1-2H3,(H,17,18). The maximum Gasteiger partial charge on any atom is 0.432 e. The van der Waals surface area contributed by atoms with Gasteiger partial charge in [0.1, 0.15) is 5.69 Å². The molecule has 2 rings (SSSR count). The highest BCUT2D eigenvalue weighted by atomic mass is 19.4. The van der Waals surface area contributed by atoms with Crippen LogP contribution in [0.3, 0.4) is 0 Å². The largest absolute Gasteiger partial charge is 0.432 e. The van der Waals surface area contributed by atoms with Gasteiger partial charge in [0.15, 0.2) is 0 Å². The first-order valence-electron chi connectivity index (χ1n) is 5.33. The zero-order chi connectivity index (χ0) is 13.3. The van der Waals surface area contributed by atoms with Crippen LogP contribution in [0.15, 0.2) is 24.3 Å². The van der Waals surface area contributed by atoms with Crippen molar-refractivity contribution in [2.45, 2.75) is 13.1 Å². The van der Waals surface area contributed by atoms with Crippen LogP contribution in [0.25, 0.3) is 11.3 Å². The van der Waals surface area contributed by atoms with Crippen LogP contribution in [-0.2, 0) is 6.18 Å². The number of benzene rings is 1. The highest BCUT2D eigenvalue weighted by Crippen LogP contribution is 2.31. The molecule has 0 unspecified atom stereocenters. The summed E-state index contributed by atoms with van der Waals surface area (Å²) in [5.41, 5.74) is 1.98. The van der Waals surface area contributed by atoms with E-state index in [0.29, 0.717) is 5.56 Å². The third kappa shape index (κ3) is 2.32. The number of H-pyrrole nitrogens is 1. The van der Waals surface area contributed by atoms with Crippen LogP contribution >= 0.6 is 0 Å². The molecule has 0 bridgehead atoms. The lowest BCUT2D eigenvalue weighted by molar-refractivity contribution is -0.141. The summed E-state index contributed by atoms with van der Waals surface area (Å²) in [7, 11) is 1.79. The molecule has 18 heavy (non-hydrogen) atoms. The van der Waals surface area contributed by atoms with Gasteiger partial charge in [0, 0.05) is 18.3 Å². The number of halogens is 3. The van der Waals surface area contributed by atoms with Crippen molar-refractivity contribution in [1.82, 2.24) is 10.2 Å². The van der Waals surface area contributed by atoms with Crippen LogP contribution in [0.2, 0.25) is 0 Å². The van der Waals surface area contributed by atoms with Crippen molar-refractivity contribution >= 4 is 5.69 Å². The normalized spacial score (nSPS) is 11.6. The maximum absolute atomic E-state index is 12.4. The first-order valence-corrected chi connectivity index (χ1v) is 5.33. The molecule has 0 aliphatic heterocycles. The minimum absolute atomic E-state index is 0.285. The molecule has 1 heterocycles. The molecule has 0 saturated carbocycles. The summed E-state index contributed by atoms with van der Waals surface area (Å²) in [5, 5.41) is 8.68. The quantitative estimate of drug-likeness (QED) is 0.863.